The van der Waals surface area contributed by atoms with E-state index in [0.717, 1.165) is 43.0 Å². The van der Waals surface area contributed by atoms with Crippen molar-refractivity contribution in [3.05, 3.63) is 71.7 Å². The first-order chi connectivity index (χ1) is 14.1. The zero-order valence-electron chi connectivity index (χ0n) is 16.7. The van der Waals surface area contributed by atoms with Crippen LogP contribution in [0.1, 0.15) is 24.1 Å². The third-order valence-electron chi connectivity index (χ3n) is 5.36. The number of hydrogen-bond acceptors (Lipinski definition) is 4. The standard InChI is InChI=1S/C23H24FN4O/c1-17(18-7-9-19(10-8-18)20-5-3-4-6-21(20)24)22-15-23(29-26-22)25-16-28-13-11-27(2)12-14-28/h3-10,15,17H,11-14H2,1-2H3. The maximum Gasteiger partial charge on any atom is 0.252 e. The summed E-state index contributed by atoms with van der Waals surface area (Å²) in [6.07, 6.45) is 3.04. The lowest BCUT2D eigenvalue weighted by atomic mass is 9.95. The van der Waals surface area contributed by atoms with Crippen molar-refractivity contribution in [1.82, 2.24) is 15.0 Å². The van der Waals surface area contributed by atoms with Gasteiger partial charge in [-0.3, -0.25) is 0 Å². The Hall–Kier alpha value is -2.99. The number of aliphatic imine (C=N–C) groups is 1. The summed E-state index contributed by atoms with van der Waals surface area (Å²) in [6, 6.07) is 16.5. The van der Waals surface area contributed by atoms with Crippen molar-refractivity contribution < 1.29 is 8.91 Å². The molecule has 0 amide bonds. The van der Waals surface area contributed by atoms with Crippen molar-refractivity contribution in [3.8, 4) is 11.1 Å². The molecule has 1 radical (unpaired) electrons. The van der Waals surface area contributed by atoms with Crippen molar-refractivity contribution in [3.63, 3.8) is 0 Å². The zero-order valence-corrected chi connectivity index (χ0v) is 16.7. The molecule has 6 heteroatoms. The van der Waals surface area contributed by atoms with E-state index < -0.39 is 0 Å². The van der Waals surface area contributed by atoms with Crippen LogP contribution in [0.2, 0.25) is 0 Å². The van der Waals surface area contributed by atoms with Gasteiger partial charge in [0, 0.05) is 43.7 Å². The molecule has 2 aromatic carbocycles. The van der Waals surface area contributed by atoms with Gasteiger partial charge in [-0.15, -0.1) is 0 Å². The lowest BCUT2D eigenvalue weighted by Gasteiger charge is -2.29. The molecule has 0 saturated carbocycles. The molecule has 1 fully saturated rings. The van der Waals surface area contributed by atoms with E-state index in [0.29, 0.717) is 11.4 Å². The molecule has 149 valence electrons. The van der Waals surface area contributed by atoms with Gasteiger partial charge in [-0.25, -0.2) is 4.39 Å². The van der Waals surface area contributed by atoms with Crippen molar-refractivity contribution in [2.75, 3.05) is 33.2 Å². The van der Waals surface area contributed by atoms with Gasteiger partial charge in [0.25, 0.3) is 5.88 Å². The molecule has 1 aliphatic rings. The molecule has 29 heavy (non-hydrogen) atoms. The smallest absolute Gasteiger partial charge is 0.252 e. The number of benzene rings is 2. The second-order valence-electron chi connectivity index (χ2n) is 7.42. The maximum atomic E-state index is 14.0. The van der Waals surface area contributed by atoms with Crippen LogP contribution in [-0.2, 0) is 0 Å². The average Bonchev–Trinajstić information content (AvgIpc) is 3.22. The predicted molar refractivity (Wildman–Crippen MR) is 112 cm³/mol. The molecule has 0 N–H and O–H groups in total. The highest BCUT2D eigenvalue weighted by Gasteiger charge is 2.15. The predicted octanol–water partition coefficient (Wildman–Crippen LogP) is 4.42. The molecule has 0 aliphatic carbocycles. The Labute approximate surface area is 170 Å². The van der Waals surface area contributed by atoms with Crippen LogP contribution >= 0.6 is 0 Å². The Balaban J connectivity index is 1.43. The van der Waals surface area contributed by atoms with E-state index in [4.69, 9.17) is 4.52 Å². The van der Waals surface area contributed by atoms with Crippen LogP contribution in [-0.4, -0.2) is 54.5 Å². The van der Waals surface area contributed by atoms with E-state index in [-0.39, 0.29) is 11.7 Å². The maximum absolute atomic E-state index is 14.0. The monoisotopic (exact) mass is 391 g/mol. The lowest BCUT2D eigenvalue weighted by molar-refractivity contribution is 0.219. The van der Waals surface area contributed by atoms with Gasteiger partial charge in [0.15, 0.2) is 6.34 Å². The van der Waals surface area contributed by atoms with E-state index in [1.54, 1.807) is 12.1 Å². The molecule has 0 spiro atoms. The van der Waals surface area contributed by atoms with Crippen LogP contribution in [0.5, 0.6) is 0 Å². The topological polar surface area (TPSA) is 44.9 Å². The van der Waals surface area contributed by atoms with Crippen molar-refractivity contribution in [1.29, 1.82) is 0 Å². The van der Waals surface area contributed by atoms with Gasteiger partial charge in [0.05, 0.1) is 5.69 Å². The number of aromatic nitrogens is 1. The minimum atomic E-state index is -0.219. The Bertz CT molecular complexity index is 975. The largest absolute Gasteiger partial charge is 0.351 e. The van der Waals surface area contributed by atoms with Crippen molar-refractivity contribution >= 4 is 12.2 Å². The van der Waals surface area contributed by atoms with Gasteiger partial charge in [-0.1, -0.05) is 54.5 Å². The summed E-state index contributed by atoms with van der Waals surface area (Å²) in [7, 11) is 2.11. The highest BCUT2D eigenvalue weighted by molar-refractivity contribution is 5.64. The molecule has 5 nitrogen and oxygen atoms in total. The molecule has 0 bridgehead atoms. The lowest BCUT2D eigenvalue weighted by Crippen LogP contribution is -2.43. The first kappa shape index (κ1) is 19.3. The van der Waals surface area contributed by atoms with E-state index in [1.165, 1.54) is 6.07 Å². The van der Waals surface area contributed by atoms with Crippen LogP contribution in [0.15, 0.2) is 64.1 Å². The summed E-state index contributed by atoms with van der Waals surface area (Å²) < 4.78 is 19.3. The fourth-order valence-electron chi connectivity index (χ4n) is 3.38. The third kappa shape index (κ3) is 4.54. The SMILES string of the molecule is CC(c1ccc(-c2ccccc2F)cc1)c1cc(N=[C]N2CCN(C)CC2)on1. The van der Waals surface area contributed by atoms with Crippen molar-refractivity contribution in [2.24, 2.45) is 4.99 Å². The molecule has 1 aromatic heterocycles. The van der Waals surface area contributed by atoms with Crippen LogP contribution in [0.3, 0.4) is 0 Å². The number of nitrogens with zero attached hydrogens (tertiary/aromatic N) is 4. The fourth-order valence-corrected chi connectivity index (χ4v) is 3.38. The van der Waals surface area contributed by atoms with Crippen LogP contribution in [0.25, 0.3) is 11.1 Å². The summed E-state index contributed by atoms with van der Waals surface area (Å²) in [5.41, 5.74) is 3.34. The second-order valence-corrected chi connectivity index (χ2v) is 7.42. The first-order valence-electron chi connectivity index (χ1n) is 9.81. The molecule has 1 aliphatic heterocycles. The zero-order chi connectivity index (χ0) is 20.2. The van der Waals surface area contributed by atoms with E-state index in [9.17, 15) is 4.39 Å². The molecule has 3 aromatic rings. The van der Waals surface area contributed by atoms with Gasteiger partial charge >= 0.3 is 0 Å². The Morgan fingerprint density at radius 1 is 1.07 bits per heavy atom. The number of rotatable bonds is 5. The molecule has 4 rings (SSSR count). The average molecular weight is 391 g/mol. The molecular formula is C23H24FN4O. The summed E-state index contributed by atoms with van der Waals surface area (Å²) in [5.74, 6) is 0.277. The van der Waals surface area contributed by atoms with E-state index in [1.807, 2.05) is 36.4 Å². The summed E-state index contributed by atoms with van der Waals surface area (Å²) in [6.45, 7) is 5.89. The second kappa shape index (κ2) is 8.57. The van der Waals surface area contributed by atoms with Gasteiger partial charge in [0.1, 0.15) is 5.82 Å². The number of halogens is 1. The van der Waals surface area contributed by atoms with Crippen LogP contribution in [0.4, 0.5) is 10.3 Å². The third-order valence-corrected chi connectivity index (χ3v) is 5.36. The number of piperazine rings is 1. The quantitative estimate of drug-likeness (QED) is 0.477. The number of hydrogen-bond donors (Lipinski definition) is 0. The summed E-state index contributed by atoms with van der Waals surface area (Å²) in [4.78, 5) is 8.65. The van der Waals surface area contributed by atoms with Crippen LogP contribution < -0.4 is 0 Å². The Kier molecular flexibility index (Phi) is 5.71. The Morgan fingerprint density at radius 3 is 2.52 bits per heavy atom. The summed E-state index contributed by atoms with van der Waals surface area (Å²) in [5, 5.41) is 4.17. The normalized spacial score (nSPS) is 16.4. The van der Waals surface area contributed by atoms with Gasteiger partial charge in [-0.05, 0) is 24.2 Å². The molecule has 1 unspecified atom stereocenters. The highest BCUT2D eigenvalue weighted by atomic mass is 19.1. The van der Waals surface area contributed by atoms with Gasteiger partial charge in [-0.2, -0.15) is 4.99 Å². The highest BCUT2D eigenvalue weighted by Crippen LogP contribution is 2.29. The summed E-state index contributed by atoms with van der Waals surface area (Å²) >= 11 is 0. The van der Waals surface area contributed by atoms with Gasteiger partial charge < -0.3 is 14.3 Å². The van der Waals surface area contributed by atoms with Crippen LogP contribution in [0, 0.1) is 5.82 Å². The Morgan fingerprint density at radius 2 is 1.79 bits per heavy atom. The minimum Gasteiger partial charge on any atom is -0.351 e. The molecule has 1 atom stereocenters. The first-order valence-corrected chi connectivity index (χ1v) is 9.81. The number of likely N-dealkylation sites (N-methyl/N-ethyl adjacent to an activating group) is 1. The van der Waals surface area contributed by atoms with Crippen molar-refractivity contribution in [2.45, 2.75) is 12.8 Å². The van der Waals surface area contributed by atoms with Gasteiger partial charge in [0.2, 0.25) is 0 Å². The molecule has 1 saturated heterocycles. The molecule has 2 heterocycles. The molecular weight excluding hydrogens is 367 g/mol. The minimum absolute atomic E-state index is 0.0426. The van der Waals surface area contributed by atoms with E-state index in [2.05, 4.69) is 40.3 Å². The fraction of sp³-hybridized carbons (Fsp3) is 0.304. The van der Waals surface area contributed by atoms with E-state index >= 15 is 0 Å².